The number of sulfonamides is 1. The highest BCUT2D eigenvalue weighted by atomic mass is 32.2. The van der Waals surface area contributed by atoms with Crippen molar-refractivity contribution >= 4 is 21.5 Å². The number of carbonyl (C=O) groups is 1. The average molecular weight is 578 g/mol. The molecule has 0 amide bonds. The van der Waals surface area contributed by atoms with Gasteiger partial charge in [0, 0.05) is 57.2 Å². The normalized spacial score (nSPS) is 16.9. The van der Waals surface area contributed by atoms with Gasteiger partial charge in [0.2, 0.25) is 10.0 Å². The molecule has 0 atom stereocenters. The van der Waals surface area contributed by atoms with Crippen LogP contribution in [0.15, 0.2) is 66.6 Å². The van der Waals surface area contributed by atoms with E-state index in [-0.39, 0.29) is 29.3 Å². The minimum atomic E-state index is -3.60. The number of hydrogen-bond donors (Lipinski definition) is 0. The molecule has 2 aliphatic heterocycles. The van der Waals surface area contributed by atoms with Gasteiger partial charge in [-0.15, -0.1) is 13.2 Å². The van der Waals surface area contributed by atoms with Crippen molar-refractivity contribution in [3.8, 4) is 0 Å². The summed E-state index contributed by atoms with van der Waals surface area (Å²) in [5.41, 5.74) is 1.34. The molecular weight excluding hydrogens is 533 g/mol. The van der Waals surface area contributed by atoms with Gasteiger partial charge in [-0.2, -0.15) is 4.31 Å². The van der Waals surface area contributed by atoms with Gasteiger partial charge in [0.1, 0.15) is 5.82 Å². The summed E-state index contributed by atoms with van der Waals surface area (Å²) < 4.78 is 50.1. The molecule has 0 radical (unpaired) electrons. The first-order valence-electron chi connectivity index (χ1n) is 13.8. The summed E-state index contributed by atoms with van der Waals surface area (Å²) in [6.45, 7) is 18.1. The quantitative estimate of drug-likeness (QED) is 0.228. The number of nitrogens with zero attached hydrogens (tertiary/aromatic N) is 3. The highest BCUT2D eigenvalue weighted by Crippen LogP contribution is 2.26. The monoisotopic (exact) mass is 577 g/mol. The van der Waals surface area contributed by atoms with E-state index in [0.29, 0.717) is 18.5 Å². The lowest BCUT2D eigenvalue weighted by molar-refractivity contribution is -0.123. The van der Waals surface area contributed by atoms with Crippen LogP contribution in [0.25, 0.3) is 0 Å². The first-order chi connectivity index (χ1) is 19.3. The third-order valence-electron chi connectivity index (χ3n) is 6.62. The van der Waals surface area contributed by atoms with Crippen molar-refractivity contribution in [3.63, 3.8) is 0 Å². The van der Waals surface area contributed by atoms with E-state index in [4.69, 9.17) is 9.47 Å². The molecule has 8 nitrogen and oxygen atoms in total. The summed E-state index contributed by atoms with van der Waals surface area (Å²) in [5, 5.41) is 0. The lowest BCUT2D eigenvalue weighted by Crippen LogP contribution is -2.46. The Bertz CT molecular complexity index is 1130. The van der Waals surface area contributed by atoms with Crippen molar-refractivity contribution in [3.05, 3.63) is 73.1 Å². The van der Waals surface area contributed by atoms with Crippen LogP contribution in [0.3, 0.4) is 0 Å². The Balaban J connectivity index is 0.000000484. The van der Waals surface area contributed by atoms with Crippen LogP contribution in [-0.2, 0) is 19.5 Å². The van der Waals surface area contributed by atoms with Crippen LogP contribution in [-0.4, -0.2) is 88.7 Å². The number of hydrogen-bond acceptors (Lipinski definition) is 7. The summed E-state index contributed by atoms with van der Waals surface area (Å²) in [4.78, 5) is 17.0. The van der Waals surface area contributed by atoms with Gasteiger partial charge >= 0.3 is 0 Å². The van der Waals surface area contributed by atoms with Crippen LogP contribution < -0.4 is 4.90 Å². The Morgan fingerprint density at radius 1 is 0.900 bits per heavy atom. The predicted octanol–water partition coefficient (Wildman–Crippen LogP) is 4.82. The van der Waals surface area contributed by atoms with Gasteiger partial charge < -0.3 is 14.4 Å². The van der Waals surface area contributed by atoms with Crippen molar-refractivity contribution in [1.82, 2.24) is 9.21 Å². The Kier molecular flexibility index (Phi) is 14.5. The summed E-state index contributed by atoms with van der Waals surface area (Å²) in [6.07, 6.45) is 1.55. The van der Waals surface area contributed by atoms with Gasteiger partial charge in [0.25, 0.3) is 0 Å². The van der Waals surface area contributed by atoms with Gasteiger partial charge in [0.15, 0.2) is 12.1 Å². The highest BCUT2D eigenvalue weighted by Gasteiger charge is 2.35. The molecule has 2 aromatic carbocycles. The molecule has 1 saturated heterocycles. The third-order valence-corrected chi connectivity index (χ3v) is 8.53. The zero-order valence-corrected chi connectivity index (χ0v) is 24.9. The number of ketones is 1. The van der Waals surface area contributed by atoms with Crippen LogP contribution in [0, 0.1) is 5.82 Å². The van der Waals surface area contributed by atoms with Gasteiger partial charge in [-0.05, 0) is 76.6 Å². The SMILES string of the molecule is C=C.CCOC(C)OCC.O=C1CN(CCCCN2CCN(c3ccc(F)cc3)CC2)S(=O)(=O)c2ccccc21. The molecule has 0 saturated carbocycles. The lowest BCUT2D eigenvalue weighted by atomic mass is 10.1. The summed E-state index contributed by atoms with van der Waals surface area (Å²) in [6, 6.07) is 13.0. The lowest BCUT2D eigenvalue weighted by Gasteiger charge is -2.36. The molecule has 10 heteroatoms. The van der Waals surface area contributed by atoms with Crippen LogP contribution in [0.1, 0.15) is 44.0 Å². The first kappa shape index (κ1) is 33.6. The number of carbonyl (C=O) groups excluding carboxylic acids is 1. The van der Waals surface area contributed by atoms with Crippen LogP contribution in [0.5, 0.6) is 0 Å². The Morgan fingerprint density at radius 3 is 2.08 bits per heavy atom. The highest BCUT2D eigenvalue weighted by molar-refractivity contribution is 7.89. The van der Waals surface area contributed by atoms with Gasteiger partial charge in [-0.25, -0.2) is 12.8 Å². The summed E-state index contributed by atoms with van der Waals surface area (Å²) >= 11 is 0. The van der Waals surface area contributed by atoms with Crippen molar-refractivity contribution < 1.29 is 27.1 Å². The molecule has 0 aliphatic carbocycles. The Labute approximate surface area is 239 Å². The maximum absolute atomic E-state index is 13.1. The fourth-order valence-corrected chi connectivity index (χ4v) is 6.26. The second-order valence-corrected chi connectivity index (χ2v) is 11.2. The van der Waals surface area contributed by atoms with Gasteiger partial charge in [-0.3, -0.25) is 9.69 Å². The Morgan fingerprint density at radius 2 is 1.48 bits per heavy atom. The van der Waals surface area contributed by atoms with E-state index in [2.05, 4.69) is 23.0 Å². The third kappa shape index (κ3) is 9.78. The number of unbranched alkanes of at least 4 members (excludes halogenated alkanes) is 1. The molecule has 0 N–H and O–H groups in total. The molecule has 1 fully saturated rings. The van der Waals surface area contributed by atoms with Crippen LogP contribution in [0.2, 0.25) is 0 Å². The number of benzene rings is 2. The topological polar surface area (TPSA) is 79.4 Å². The van der Waals surface area contributed by atoms with E-state index < -0.39 is 10.0 Å². The predicted molar refractivity (Wildman–Crippen MR) is 158 cm³/mol. The van der Waals surface area contributed by atoms with Gasteiger partial charge in [-0.1, -0.05) is 12.1 Å². The number of piperazine rings is 1. The standard InChI is InChI=1S/C22H26FN3O3S.C6H14O2.C2H4/c23-18-7-9-19(10-8-18)25-15-13-24(14-16-25)11-3-4-12-26-17-21(27)20-5-1-2-6-22(20)30(26,28)29;1-4-7-6(3)8-5-2;1-2/h1-2,5-10H,3-4,11-17H2;6H,4-5H2,1-3H3;1-2H2. The molecule has 2 heterocycles. The fraction of sp³-hybridized carbons (Fsp3) is 0.500. The molecule has 4 rings (SSSR count). The molecule has 2 aliphatic rings. The second-order valence-electron chi connectivity index (χ2n) is 9.25. The second kappa shape index (κ2) is 17.2. The van der Waals surface area contributed by atoms with E-state index in [1.807, 2.05) is 32.9 Å². The fourth-order valence-electron chi connectivity index (χ4n) is 4.61. The molecule has 0 unspecified atom stereocenters. The minimum absolute atomic E-state index is 0.0370. The van der Waals surface area contributed by atoms with E-state index in [1.54, 1.807) is 18.2 Å². The average Bonchev–Trinajstić information content (AvgIpc) is 2.96. The maximum Gasteiger partial charge on any atom is 0.244 e. The number of fused-ring (bicyclic) bond motifs is 1. The Hall–Kier alpha value is -2.63. The van der Waals surface area contributed by atoms with Crippen molar-refractivity contribution in [1.29, 1.82) is 0 Å². The van der Waals surface area contributed by atoms with E-state index in [9.17, 15) is 17.6 Å². The van der Waals surface area contributed by atoms with Crippen molar-refractivity contribution in [2.24, 2.45) is 0 Å². The minimum Gasteiger partial charge on any atom is -0.369 e. The molecule has 40 heavy (non-hydrogen) atoms. The summed E-state index contributed by atoms with van der Waals surface area (Å²) in [7, 11) is -3.60. The maximum atomic E-state index is 13.1. The molecule has 222 valence electrons. The molecular formula is C30H44FN3O5S. The van der Waals surface area contributed by atoms with E-state index >= 15 is 0 Å². The molecule has 0 bridgehead atoms. The first-order valence-corrected chi connectivity index (χ1v) is 15.3. The van der Waals surface area contributed by atoms with Crippen molar-refractivity contribution in [2.45, 2.75) is 44.8 Å². The van der Waals surface area contributed by atoms with Crippen LogP contribution >= 0.6 is 0 Å². The molecule has 0 aromatic heterocycles. The number of anilines is 1. The molecule has 0 spiro atoms. The van der Waals surface area contributed by atoms with Gasteiger partial charge in [0.05, 0.1) is 11.4 Å². The largest absolute Gasteiger partial charge is 0.369 e. The van der Waals surface area contributed by atoms with Crippen LogP contribution in [0.4, 0.5) is 10.1 Å². The zero-order valence-electron chi connectivity index (χ0n) is 24.1. The molecule has 2 aromatic rings. The number of Topliss-reactive ketones (excluding diaryl/α,β-unsaturated/α-hetero) is 1. The van der Waals surface area contributed by atoms with E-state index in [1.165, 1.54) is 22.5 Å². The summed E-state index contributed by atoms with van der Waals surface area (Å²) in [5.74, 6) is -0.365. The van der Waals surface area contributed by atoms with Crippen molar-refractivity contribution in [2.75, 3.05) is 63.9 Å². The smallest absolute Gasteiger partial charge is 0.244 e. The number of ether oxygens (including phenoxy) is 2. The number of rotatable bonds is 10. The zero-order chi connectivity index (χ0) is 29.5. The van der Waals surface area contributed by atoms with E-state index in [0.717, 1.165) is 58.0 Å². The number of halogens is 1.